The van der Waals surface area contributed by atoms with Gasteiger partial charge in [0.05, 0.1) is 23.2 Å². The molecule has 130 valence electrons. The smallest absolute Gasteiger partial charge is 0.336 e. The lowest BCUT2D eigenvalue weighted by atomic mass is 10.0. The van der Waals surface area contributed by atoms with Gasteiger partial charge in [0.15, 0.2) is 0 Å². The van der Waals surface area contributed by atoms with Crippen LogP contribution in [0.1, 0.15) is 34.0 Å². The van der Waals surface area contributed by atoms with E-state index < -0.39 is 5.97 Å². The van der Waals surface area contributed by atoms with E-state index in [4.69, 9.17) is 9.47 Å². The number of aryl methyl sites for hydroxylation is 2. The highest BCUT2D eigenvalue weighted by Gasteiger charge is 2.14. The second kappa shape index (κ2) is 6.84. The second-order valence-corrected chi connectivity index (χ2v) is 5.81. The molecule has 0 atom stereocenters. The number of hydrogen-bond acceptors (Lipinski definition) is 4. The average molecular weight is 340 g/mol. The van der Waals surface area contributed by atoms with Crippen molar-refractivity contribution in [3.05, 3.63) is 52.6 Å². The van der Waals surface area contributed by atoms with Crippen LogP contribution in [-0.2, 0) is 6.61 Å². The Morgan fingerprint density at radius 1 is 1.20 bits per heavy atom. The summed E-state index contributed by atoms with van der Waals surface area (Å²) in [5, 5.41) is 9.34. The summed E-state index contributed by atoms with van der Waals surface area (Å²) in [6.07, 6.45) is 0. The Bertz CT molecular complexity index is 931. The van der Waals surface area contributed by atoms with E-state index in [1.807, 2.05) is 39.0 Å². The predicted octanol–water partition coefficient (Wildman–Crippen LogP) is 3.86. The topological polar surface area (TPSA) is 84.4 Å². The van der Waals surface area contributed by atoms with Crippen molar-refractivity contribution in [1.29, 1.82) is 0 Å². The zero-order chi connectivity index (χ0) is 18.0. The standard InChI is InChI=1S/C19H20N2O4/c1-4-24-19-20-16-9-13(8-12(3)17(16)21-19)25-10-15-11(2)6-5-7-14(15)18(22)23/h5-9H,4,10H2,1-3H3,(H,20,21)(H,22,23). The molecule has 0 fully saturated rings. The maximum Gasteiger partial charge on any atom is 0.336 e. The molecule has 0 bridgehead atoms. The fourth-order valence-electron chi connectivity index (χ4n) is 2.77. The van der Waals surface area contributed by atoms with Gasteiger partial charge in [-0.1, -0.05) is 12.1 Å². The predicted molar refractivity (Wildman–Crippen MR) is 94.5 cm³/mol. The molecule has 0 radical (unpaired) electrons. The molecule has 2 N–H and O–H groups in total. The fourth-order valence-corrected chi connectivity index (χ4v) is 2.77. The maximum atomic E-state index is 11.4. The van der Waals surface area contributed by atoms with E-state index in [2.05, 4.69) is 9.97 Å². The van der Waals surface area contributed by atoms with Crippen LogP contribution in [-0.4, -0.2) is 27.7 Å². The van der Waals surface area contributed by atoms with Gasteiger partial charge in [0.25, 0.3) is 6.01 Å². The molecule has 3 aromatic rings. The molecule has 3 rings (SSSR count). The fraction of sp³-hybridized carbons (Fsp3) is 0.263. The van der Waals surface area contributed by atoms with Crippen molar-refractivity contribution in [2.45, 2.75) is 27.4 Å². The number of carbonyl (C=O) groups is 1. The molecule has 0 aliphatic carbocycles. The van der Waals surface area contributed by atoms with Crippen LogP contribution in [0.3, 0.4) is 0 Å². The lowest BCUT2D eigenvalue weighted by molar-refractivity contribution is 0.0693. The molecule has 0 saturated carbocycles. The summed E-state index contributed by atoms with van der Waals surface area (Å²) in [6.45, 7) is 6.45. The van der Waals surface area contributed by atoms with Crippen LogP contribution in [0.5, 0.6) is 11.8 Å². The van der Waals surface area contributed by atoms with Crippen molar-refractivity contribution in [2.24, 2.45) is 0 Å². The number of carboxylic acid groups (broad SMARTS) is 1. The molecule has 0 aliphatic heterocycles. The second-order valence-electron chi connectivity index (χ2n) is 5.81. The van der Waals surface area contributed by atoms with Crippen LogP contribution < -0.4 is 9.47 Å². The van der Waals surface area contributed by atoms with Gasteiger partial charge in [-0.2, -0.15) is 4.98 Å². The molecule has 0 spiro atoms. The van der Waals surface area contributed by atoms with E-state index >= 15 is 0 Å². The molecule has 1 heterocycles. The van der Waals surface area contributed by atoms with Crippen LogP contribution in [0.2, 0.25) is 0 Å². The third-order valence-electron chi connectivity index (χ3n) is 4.03. The largest absolute Gasteiger partial charge is 0.489 e. The first-order valence-corrected chi connectivity index (χ1v) is 8.07. The first-order chi connectivity index (χ1) is 12.0. The van der Waals surface area contributed by atoms with Gasteiger partial charge in [0, 0.05) is 11.6 Å². The molecule has 6 nitrogen and oxygen atoms in total. The molecule has 25 heavy (non-hydrogen) atoms. The molecular weight excluding hydrogens is 320 g/mol. The Morgan fingerprint density at radius 2 is 2.00 bits per heavy atom. The van der Waals surface area contributed by atoms with Crippen molar-refractivity contribution in [3.8, 4) is 11.8 Å². The number of imidazole rings is 1. The number of nitrogens with zero attached hydrogens (tertiary/aromatic N) is 1. The number of aromatic amines is 1. The number of aromatic nitrogens is 2. The summed E-state index contributed by atoms with van der Waals surface area (Å²) >= 11 is 0. The molecule has 0 amide bonds. The highest BCUT2D eigenvalue weighted by Crippen LogP contribution is 2.26. The zero-order valence-corrected chi connectivity index (χ0v) is 14.4. The van der Waals surface area contributed by atoms with E-state index in [0.29, 0.717) is 23.9 Å². The Morgan fingerprint density at radius 3 is 2.72 bits per heavy atom. The minimum Gasteiger partial charge on any atom is -0.489 e. The van der Waals surface area contributed by atoms with Crippen LogP contribution in [0, 0.1) is 13.8 Å². The molecule has 1 aromatic heterocycles. The van der Waals surface area contributed by atoms with Gasteiger partial charge in [-0.25, -0.2) is 4.79 Å². The van der Waals surface area contributed by atoms with Crippen molar-refractivity contribution >= 4 is 17.0 Å². The first-order valence-electron chi connectivity index (χ1n) is 8.07. The summed E-state index contributed by atoms with van der Waals surface area (Å²) in [5.74, 6) is -0.305. The quantitative estimate of drug-likeness (QED) is 0.712. The number of aromatic carboxylic acids is 1. The van der Waals surface area contributed by atoms with Crippen molar-refractivity contribution in [1.82, 2.24) is 9.97 Å². The van der Waals surface area contributed by atoms with E-state index in [-0.39, 0.29) is 12.2 Å². The van der Waals surface area contributed by atoms with Gasteiger partial charge in [-0.3, -0.25) is 0 Å². The van der Waals surface area contributed by atoms with Crippen LogP contribution in [0.4, 0.5) is 0 Å². The number of hydrogen-bond donors (Lipinski definition) is 2. The molecule has 6 heteroatoms. The Hall–Kier alpha value is -3.02. The number of benzene rings is 2. The van der Waals surface area contributed by atoms with Gasteiger partial charge in [-0.05, 0) is 44.0 Å². The normalized spacial score (nSPS) is 10.8. The third kappa shape index (κ3) is 3.42. The third-order valence-corrected chi connectivity index (χ3v) is 4.03. The highest BCUT2D eigenvalue weighted by molar-refractivity contribution is 5.89. The first kappa shape index (κ1) is 16.8. The summed E-state index contributed by atoms with van der Waals surface area (Å²) < 4.78 is 11.3. The van der Waals surface area contributed by atoms with Gasteiger partial charge in [0.1, 0.15) is 12.4 Å². The number of rotatable bonds is 6. The number of fused-ring (bicyclic) bond motifs is 1. The Kier molecular flexibility index (Phi) is 4.61. The monoisotopic (exact) mass is 340 g/mol. The number of carboxylic acids is 1. The summed E-state index contributed by atoms with van der Waals surface area (Å²) in [7, 11) is 0. The summed E-state index contributed by atoms with van der Waals surface area (Å²) in [5.41, 5.74) is 4.43. The van der Waals surface area contributed by atoms with Crippen molar-refractivity contribution in [3.63, 3.8) is 0 Å². The van der Waals surface area contributed by atoms with E-state index in [0.717, 1.165) is 22.2 Å². The Labute approximate surface area is 145 Å². The minimum atomic E-state index is -0.955. The SMILES string of the molecule is CCOc1nc2c(C)cc(OCc3c(C)cccc3C(=O)O)cc2[nH]1. The van der Waals surface area contributed by atoms with Gasteiger partial charge < -0.3 is 19.6 Å². The Balaban J connectivity index is 1.88. The van der Waals surface area contributed by atoms with Gasteiger partial charge in [0.2, 0.25) is 0 Å². The number of H-pyrrole nitrogens is 1. The van der Waals surface area contributed by atoms with Crippen molar-refractivity contribution in [2.75, 3.05) is 6.61 Å². The van der Waals surface area contributed by atoms with E-state index in [9.17, 15) is 9.90 Å². The van der Waals surface area contributed by atoms with Crippen LogP contribution in [0.15, 0.2) is 30.3 Å². The number of nitrogens with one attached hydrogen (secondary N) is 1. The average Bonchev–Trinajstić information content (AvgIpc) is 2.97. The van der Waals surface area contributed by atoms with Gasteiger partial charge in [-0.15, -0.1) is 0 Å². The van der Waals surface area contributed by atoms with Crippen molar-refractivity contribution < 1.29 is 19.4 Å². The lowest BCUT2D eigenvalue weighted by Gasteiger charge is -2.12. The number of ether oxygens (including phenoxy) is 2. The lowest BCUT2D eigenvalue weighted by Crippen LogP contribution is -2.07. The van der Waals surface area contributed by atoms with Gasteiger partial charge >= 0.3 is 5.97 Å². The van der Waals surface area contributed by atoms with Crippen LogP contribution in [0.25, 0.3) is 11.0 Å². The van der Waals surface area contributed by atoms with E-state index in [1.54, 1.807) is 12.1 Å². The molecule has 0 unspecified atom stereocenters. The molecular formula is C19H20N2O4. The zero-order valence-electron chi connectivity index (χ0n) is 14.4. The molecule has 0 aliphatic rings. The van der Waals surface area contributed by atoms with Crippen LogP contribution >= 0.6 is 0 Å². The highest BCUT2D eigenvalue weighted by atomic mass is 16.5. The maximum absolute atomic E-state index is 11.4. The summed E-state index contributed by atoms with van der Waals surface area (Å²) in [6, 6.07) is 9.41. The molecule has 2 aromatic carbocycles. The van der Waals surface area contributed by atoms with E-state index in [1.165, 1.54) is 0 Å². The molecule has 0 saturated heterocycles. The summed E-state index contributed by atoms with van der Waals surface area (Å²) in [4.78, 5) is 18.9. The minimum absolute atomic E-state index is 0.186.